The molecule has 0 spiro atoms. The summed E-state index contributed by atoms with van der Waals surface area (Å²) in [7, 11) is -3.20. The zero-order chi connectivity index (χ0) is 14.4. The second-order valence-electron chi connectivity index (χ2n) is 5.03. The van der Waals surface area contributed by atoms with E-state index in [2.05, 4.69) is 20.8 Å². The Balaban J connectivity index is 1.99. The average Bonchev–Trinajstić information content (AvgIpc) is 2.66. The Hall–Kier alpha value is -0.430. The molecule has 2 rings (SSSR count). The summed E-state index contributed by atoms with van der Waals surface area (Å²) in [4.78, 5) is 2.31. The van der Waals surface area contributed by atoms with Crippen LogP contribution >= 0.6 is 15.9 Å². The summed E-state index contributed by atoms with van der Waals surface area (Å²) in [5.74, 6) is 0.103. The topological polar surface area (TPSA) is 40.6 Å². The van der Waals surface area contributed by atoms with Crippen molar-refractivity contribution in [2.24, 2.45) is 0 Å². The van der Waals surface area contributed by atoms with Gasteiger partial charge in [-0.2, -0.15) is 0 Å². The number of halogens is 1. The fourth-order valence-electron chi connectivity index (χ4n) is 2.44. The normalized spacial score (nSPS) is 18.9. The van der Waals surface area contributed by atoms with Crippen LogP contribution < -0.4 is 0 Å². The molecule has 0 aliphatic carbocycles. The first-order chi connectivity index (χ1) is 9.62. The third-order valence-corrected chi connectivity index (χ3v) is 5.74. The SMILES string of the molecule is O=S(=O)(Cc1ccccc1)N1CCCN(CCBr)CC1. The van der Waals surface area contributed by atoms with E-state index in [0.29, 0.717) is 13.1 Å². The Kier molecular flexibility index (Phi) is 6.01. The van der Waals surface area contributed by atoms with Gasteiger partial charge in [-0.05, 0) is 18.5 Å². The Bertz CT molecular complexity index is 507. The Labute approximate surface area is 129 Å². The summed E-state index contributed by atoms with van der Waals surface area (Å²) in [6, 6.07) is 9.40. The highest BCUT2D eigenvalue weighted by atomic mass is 79.9. The minimum absolute atomic E-state index is 0.103. The van der Waals surface area contributed by atoms with Gasteiger partial charge in [0.2, 0.25) is 10.0 Å². The molecule has 4 nitrogen and oxygen atoms in total. The van der Waals surface area contributed by atoms with Crippen molar-refractivity contribution in [3.63, 3.8) is 0 Å². The number of hydrogen-bond donors (Lipinski definition) is 0. The average molecular weight is 361 g/mol. The summed E-state index contributed by atoms with van der Waals surface area (Å²) in [6.07, 6.45) is 0.904. The van der Waals surface area contributed by atoms with E-state index in [1.54, 1.807) is 4.31 Å². The van der Waals surface area contributed by atoms with Crippen LogP contribution in [0.4, 0.5) is 0 Å². The minimum atomic E-state index is -3.20. The van der Waals surface area contributed by atoms with E-state index in [0.717, 1.165) is 36.9 Å². The number of alkyl halides is 1. The first kappa shape index (κ1) is 15.9. The molecule has 0 saturated carbocycles. The molecular formula is C14H21BrN2O2S. The van der Waals surface area contributed by atoms with E-state index in [-0.39, 0.29) is 5.75 Å². The van der Waals surface area contributed by atoms with Crippen LogP contribution in [0, 0.1) is 0 Å². The fraction of sp³-hybridized carbons (Fsp3) is 0.571. The van der Waals surface area contributed by atoms with Gasteiger partial charge in [-0.3, -0.25) is 0 Å². The van der Waals surface area contributed by atoms with Crippen molar-refractivity contribution >= 4 is 26.0 Å². The third kappa shape index (κ3) is 4.55. The molecule has 1 aliphatic heterocycles. The van der Waals surface area contributed by atoms with Crippen molar-refractivity contribution in [1.29, 1.82) is 0 Å². The van der Waals surface area contributed by atoms with E-state index in [1.165, 1.54) is 0 Å². The molecule has 0 unspecified atom stereocenters. The van der Waals surface area contributed by atoms with Crippen LogP contribution in [-0.2, 0) is 15.8 Å². The lowest BCUT2D eigenvalue weighted by molar-refractivity contribution is 0.305. The van der Waals surface area contributed by atoms with E-state index in [9.17, 15) is 8.42 Å². The molecule has 1 aromatic carbocycles. The molecule has 0 bridgehead atoms. The van der Waals surface area contributed by atoms with Gasteiger partial charge in [-0.25, -0.2) is 12.7 Å². The first-order valence-electron chi connectivity index (χ1n) is 6.92. The standard InChI is InChI=1S/C14H21BrN2O2S/c15-7-10-16-8-4-9-17(12-11-16)20(18,19)13-14-5-2-1-3-6-14/h1-3,5-6H,4,7-13H2. The number of benzene rings is 1. The highest BCUT2D eigenvalue weighted by Crippen LogP contribution is 2.13. The van der Waals surface area contributed by atoms with Gasteiger partial charge in [0.15, 0.2) is 0 Å². The van der Waals surface area contributed by atoms with E-state index >= 15 is 0 Å². The molecule has 20 heavy (non-hydrogen) atoms. The zero-order valence-electron chi connectivity index (χ0n) is 11.5. The van der Waals surface area contributed by atoms with Crippen molar-refractivity contribution in [3.05, 3.63) is 35.9 Å². The molecule has 0 radical (unpaired) electrons. The van der Waals surface area contributed by atoms with E-state index in [4.69, 9.17) is 0 Å². The number of rotatable bonds is 5. The predicted octanol–water partition coefficient (Wildman–Crippen LogP) is 1.92. The summed E-state index contributed by atoms with van der Waals surface area (Å²) < 4.78 is 26.6. The minimum Gasteiger partial charge on any atom is -0.301 e. The van der Waals surface area contributed by atoms with Crippen molar-refractivity contribution in [2.45, 2.75) is 12.2 Å². The molecule has 1 saturated heterocycles. The first-order valence-corrected chi connectivity index (χ1v) is 9.65. The maximum atomic E-state index is 12.5. The summed E-state index contributed by atoms with van der Waals surface area (Å²) in [5.41, 5.74) is 0.856. The predicted molar refractivity (Wildman–Crippen MR) is 85.5 cm³/mol. The quantitative estimate of drug-likeness (QED) is 0.753. The maximum absolute atomic E-state index is 12.5. The van der Waals surface area contributed by atoms with Gasteiger partial charge in [0, 0.05) is 31.5 Å². The molecule has 0 N–H and O–H groups in total. The third-order valence-electron chi connectivity index (χ3n) is 3.53. The monoisotopic (exact) mass is 360 g/mol. The molecule has 112 valence electrons. The highest BCUT2D eigenvalue weighted by molar-refractivity contribution is 9.09. The van der Waals surface area contributed by atoms with Crippen LogP contribution in [0.5, 0.6) is 0 Å². The van der Waals surface area contributed by atoms with Gasteiger partial charge in [-0.15, -0.1) is 0 Å². The number of sulfonamides is 1. The van der Waals surface area contributed by atoms with Crippen LogP contribution in [0.1, 0.15) is 12.0 Å². The van der Waals surface area contributed by atoms with Gasteiger partial charge in [0.1, 0.15) is 0 Å². The molecule has 0 aromatic heterocycles. The highest BCUT2D eigenvalue weighted by Gasteiger charge is 2.25. The molecule has 1 aliphatic rings. The summed E-state index contributed by atoms with van der Waals surface area (Å²) in [5, 5.41) is 0.934. The lowest BCUT2D eigenvalue weighted by atomic mass is 10.2. The van der Waals surface area contributed by atoms with Gasteiger partial charge in [0.25, 0.3) is 0 Å². The smallest absolute Gasteiger partial charge is 0.218 e. The van der Waals surface area contributed by atoms with Crippen LogP contribution in [0.3, 0.4) is 0 Å². The van der Waals surface area contributed by atoms with Gasteiger partial charge >= 0.3 is 0 Å². The number of nitrogens with zero attached hydrogens (tertiary/aromatic N) is 2. The lowest BCUT2D eigenvalue weighted by Crippen LogP contribution is -2.36. The molecule has 6 heteroatoms. The molecular weight excluding hydrogens is 340 g/mol. The van der Waals surface area contributed by atoms with Crippen LogP contribution in [0.15, 0.2) is 30.3 Å². The zero-order valence-corrected chi connectivity index (χ0v) is 13.9. The van der Waals surface area contributed by atoms with Crippen molar-refractivity contribution < 1.29 is 8.42 Å². The lowest BCUT2D eigenvalue weighted by Gasteiger charge is -2.21. The van der Waals surface area contributed by atoms with Crippen LogP contribution in [0.25, 0.3) is 0 Å². The van der Waals surface area contributed by atoms with Crippen LogP contribution in [0.2, 0.25) is 0 Å². The van der Waals surface area contributed by atoms with Gasteiger partial charge in [0.05, 0.1) is 5.75 Å². The molecule has 0 amide bonds. The van der Waals surface area contributed by atoms with Crippen molar-refractivity contribution in [2.75, 3.05) is 38.1 Å². The Morgan fingerprint density at radius 1 is 1.05 bits per heavy atom. The molecule has 0 atom stereocenters. The molecule has 1 aromatic rings. The molecule has 1 fully saturated rings. The second kappa shape index (κ2) is 7.54. The molecule has 1 heterocycles. The number of hydrogen-bond acceptors (Lipinski definition) is 3. The summed E-state index contributed by atoms with van der Waals surface area (Å²) >= 11 is 3.44. The largest absolute Gasteiger partial charge is 0.301 e. The van der Waals surface area contributed by atoms with E-state index in [1.807, 2.05) is 30.3 Å². The fourth-order valence-corrected chi connectivity index (χ4v) is 4.51. The second-order valence-corrected chi connectivity index (χ2v) is 7.79. The van der Waals surface area contributed by atoms with Crippen molar-refractivity contribution in [3.8, 4) is 0 Å². The van der Waals surface area contributed by atoms with Crippen LogP contribution in [-0.4, -0.2) is 55.7 Å². The Morgan fingerprint density at radius 3 is 2.50 bits per heavy atom. The maximum Gasteiger partial charge on any atom is 0.218 e. The van der Waals surface area contributed by atoms with Gasteiger partial charge < -0.3 is 4.90 Å². The summed E-state index contributed by atoms with van der Waals surface area (Å²) in [6.45, 7) is 4.01. The van der Waals surface area contributed by atoms with E-state index < -0.39 is 10.0 Å². The van der Waals surface area contributed by atoms with Crippen molar-refractivity contribution in [1.82, 2.24) is 9.21 Å². The Morgan fingerprint density at radius 2 is 1.80 bits per heavy atom. The van der Waals surface area contributed by atoms with Gasteiger partial charge in [-0.1, -0.05) is 46.3 Å².